The maximum absolute atomic E-state index is 12.5. The fourth-order valence-corrected chi connectivity index (χ4v) is 4.13. The van der Waals surface area contributed by atoms with Crippen molar-refractivity contribution in [3.8, 4) is 11.1 Å². The molecule has 1 aliphatic carbocycles. The topological polar surface area (TPSA) is 50.7 Å². The van der Waals surface area contributed by atoms with Gasteiger partial charge in [-0.05, 0) is 84.3 Å². The van der Waals surface area contributed by atoms with E-state index >= 15 is 0 Å². The van der Waals surface area contributed by atoms with Gasteiger partial charge in [0.1, 0.15) is 0 Å². The second-order valence-electron chi connectivity index (χ2n) is 7.38. The number of nitrogens with one attached hydrogen (secondary N) is 1. The van der Waals surface area contributed by atoms with Crippen molar-refractivity contribution in [2.75, 3.05) is 4.72 Å². The van der Waals surface area contributed by atoms with Crippen LogP contribution in [0.15, 0.2) is 90.3 Å². The average Bonchev–Trinajstić information content (AvgIpc) is 3.32. The molecule has 0 spiro atoms. The van der Waals surface area contributed by atoms with Gasteiger partial charge in [0.25, 0.3) is 0 Å². The number of rotatable bonds is 4. The molecule has 0 fully saturated rings. The van der Waals surface area contributed by atoms with Gasteiger partial charge in [-0.2, -0.15) is 13.2 Å². The van der Waals surface area contributed by atoms with E-state index in [2.05, 4.69) is 37.9 Å². The number of anilines is 1. The quantitative estimate of drug-likeness (QED) is 0.333. The van der Waals surface area contributed by atoms with Gasteiger partial charge in [0.15, 0.2) is 0 Å². The molecule has 1 aliphatic rings. The third-order valence-electron chi connectivity index (χ3n) is 5.08. The van der Waals surface area contributed by atoms with Gasteiger partial charge in [-0.15, -0.1) is 0 Å². The first-order chi connectivity index (χ1) is 16.0. The molecule has 5 rings (SSSR count). The van der Waals surface area contributed by atoms with E-state index in [1.807, 2.05) is 6.07 Å². The van der Waals surface area contributed by atoms with Crippen molar-refractivity contribution in [1.29, 1.82) is 0 Å². The summed E-state index contributed by atoms with van der Waals surface area (Å²) in [5.74, 6) is 0.651. The minimum Gasteiger partial charge on any atom is -0.294 e. The van der Waals surface area contributed by atoms with Gasteiger partial charge in [0.2, 0.25) is 5.95 Å². The summed E-state index contributed by atoms with van der Waals surface area (Å²) >= 11 is 1.56. The Kier molecular flexibility index (Phi) is 7.24. The Morgan fingerprint density at radius 2 is 1.58 bits per heavy atom. The summed E-state index contributed by atoms with van der Waals surface area (Å²) in [4.78, 5) is 13.3. The molecule has 168 valence electrons. The standard InChI is InChI=1S/C13H13N3S.C12H8F3N/c1-3-10-5-6-12(9-11(10)4-1)17-16-13-14-7-2-8-15-13;13-12(14,15)11-5-1-3-9(7-11)10-4-2-6-16-8-10/h2,5-9H,1,3-4H2,(H,14,15,16);1-8H. The molecule has 0 bridgehead atoms. The molecule has 0 unspecified atom stereocenters. The van der Waals surface area contributed by atoms with Gasteiger partial charge in [-0.3, -0.25) is 9.71 Å². The molecule has 8 heteroatoms. The number of fused-ring (bicyclic) bond motifs is 1. The first-order valence-electron chi connectivity index (χ1n) is 10.4. The van der Waals surface area contributed by atoms with E-state index in [1.165, 1.54) is 47.5 Å². The predicted molar refractivity (Wildman–Crippen MR) is 125 cm³/mol. The number of pyridine rings is 1. The van der Waals surface area contributed by atoms with Crippen LogP contribution in [0, 0.1) is 0 Å². The summed E-state index contributed by atoms with van der Waals surface area (Å²) in [7, 11) is 0. The van der Waals surface area contributed by atoms with Crippen molar-refractivity contribution in [3.63, 3.8) is 0 Å². The third kappa shape index (κ3) is 6.32. The van der Waals surface area contributed by atoms with Crippen molar-refractivity contribution in [1.82, 2.24) is 15.0 Å². The van der Waals surface area contributed by atoms with Crippen LogP contribution < -0.4 is 4.72 Å². The Morgan fingerprint density at radius 1 is 0.788 bits per heavy atom. The average molecular weight is 467 g/mol. The fraction of sp³-hybridized carbons (Fsp3) is 0.160. The van der Waals surface area contributed by atoms with Crippen molar-refractivity contribution in [2.45, 2.75) is 30.3 Å². The summed E-state index contributed by atoms with van der Waals surface area (Å²) in [5.41, 5.74) is 3.54. The summed E-state index contributed by atoms with van der Waals surface area (Å²) in [6.07, 6.45) is 6.02. The molecule has 0 atom stereocenters. The van der Waals surface area contributed by atoms with Crippen molar-refractivity contribution >= 4 is 17.9 Å². The molecule has 1 N–H and O–H groups in total. The number of alkyl halides is 3. The van der Waals surface area contributed by atoms with E-state index in [0.29, 0.717) is 17.1 Å². The Hall–Kier alpha value is -3.39. The molecule has 0 saturated carbocycles. The lowest BCUT2D eigenvalue weighted by Gasteiger charge is -2.08. The number of benzene rings is 2. The number of hydrogen-bond donors (Lipinski definition) is 1. The molecule has 0 amide bonds. The van der Waals surface area contributed by atoms with Crippen LogP contribution in [-0.2, 0) is 19.0 Å². The van der Waals surface area contributed by atoms with Gasteiger partial charge in [-0.25, -0.2) is 9.97 Å². The lowest BCUT2D eigenvalue weighted by molar-refractivity contribution is -0.137. The largest absolute Gasteiger partial charge is 0.416 e. The zero-order chi connectivity index (χ0) is 23.1. The van der Waals surface area contributed by atoms with Crippen LogP contribution in [0.1, 0.15) is 23.1 Å². The third-order valence-corrected chi connectivity index (χ3v) is 5.85. The van der Waals surface area contributed by atoms with Crippen LogP contribution in [0.25, 0.3) is 11.1 Å². The number of nitrogens with zero attached hydrogens (tertiary/aromatic N) is 3. The second kappa shape index (κ2) is 10.5. The summed E-state index contributed by atoms with van der Waals surface area (Å²) < 4.78 is 40.6. The molecular formula is C25H21F3N4S. The molecule has 4 aromatic rings. The van der Waals surface area contributed by atoms with E-state index in [-0.39, 0.29) is 0 Å². The number of aromatic nitrogens is 3. The molecule has 0 aliphatic heterocycles. The maximum Gasteiger partial charge on any atom is 0.416 e. The fourth-order valence-electron chi connectivity index (χ4n) is 3.48. The van der Waals surface area contributed by atoms with E-state index in [9.17, 15) is 13.2 Å². The highest BCUT2D eigenvalue weighted by Crippen LogP contribution is 2.32. The van der Waals surface area contributed by atoms with Crippen LogP contribution in [0.3, 0.4) is 0 Å². The van der Waals surface area contributed by atoms with E-state index in [4.69, 9.17) is 0 Å². The molecule has 2 heterocycles. The number of aryl methyl sites for hydroxylation is 2. The molecular weight excluding hydrogens is 445 g/mol. The first-order valence-corrected chi connectivity index (χ1v) is 11.2. The smallest absolute Gasteiger partial charge is 0.294 e. The zero-order valence-corrected chi connectivity index (χ0v) is 18.4. The Bertz CT molecular complexity index is 1190. The predicted octanol–water partition coefficient (Wildman–Crippen LogP) is 6.85. The molecule has 2 aromatic heterocycles. The van der Waals surface area contributed by atoms with Gasteiger partial charge in [0.05, 0.1) is 5.56 Å². The first kappa shape index (κ1) is 22.8. The summed E-state index contributed by atoms with van der Waals surface area (Å²) in [5, 5.41) is 0. The van der Waals surface area contributed by atoms with Crippen LogP contribution in [0.2, 0.25) is 0 Å². The van der Waals surface area contributed by atoms with Gasteiger partial charge in [0, 0.05) is 35.2 Å². The Balaban J connectivity index is 0.000000157. The highest BCUT2D eigenvalue weighted by molar-refractivity contribution is 8.00. The highest BCUT2D eigenvalue weighted by atomic mass is 32.2. The van der Waals surface area contributed by atoms with E-state index < -0.39 is 11.7 Å². The molecule has 0 saturated heterocycles. The number of halogens is 3. The molecule has 33 heavy (non-hydrogen) atoms. The molecule has 4 nitrogen and oxygen atoms in total. The van der Waals surface area contributed by atoms with Crippen molar-refractivity contribution in [2.24, 2.45) is 0 Å². The van der Waals surface area contributed by atoms with Crippen LogP contribution in [-0.4, -0.2) is 15.0 Å². The lowest BCUT2D eigenvalue weighted by Crippen LogP contribution is -2.04. The van der Waals surface area contributed by atoms with Crippen molar-refractivity contribution < 1.29 is 13.2 Å². The van der Waals surface area contributed by atoms with Crippen LogP contribution in [0.5, 0.6) is 0 Å². The minimum absolute atomic E-state index is 0.517. The molecule has 2 aromatic carbocycles. The maximum atomic E-state index is 12.5. The van der Waals surface area contributed by atoms with E-state index in [1.54, 1.807) is 48.7 Å². The van der Waals surface area contributed by atoms with E-state index in [0.717, 1.165) is 12.1 Å². The van der Waals surface area contributed by atoms with Gasteiger partial charge in [-0.1, -0.05) is 24.3 Å². The number of hydrogen-bond acceptors (Lipinski definition) is 5. The Labute approximate surface area is 194 Å². The van der Waals surface area contributed by atoms with Crippen LogP contribution >= 0.6 is 11.9 Å². The SMILES string of the molecule is FC(F)(F)c1cccc(-c2cccnc2)c1.c1cnc(NSc2ccc3c(c2)CCC3)nc1. The zero-order valence-electron chi connectivity index (χ0n) is 17.6. The summed E-state index contributed by atoms with van der Waals surface area (Å²) in [6.45, 7) is 0. The molecule has 0 radical (unpaired) electrons. The second-order valence-corrected chi connectivity index (χ2v) is 8.26. The summed E-state index contributed by atoms with van der Waals surface area (Å²) in [6, 6.07) is 17.1. The normalized spacial score (nSPS) is 12.5. The lowest BCUT2D eigenvalue weighted by atomic mass is 10.0. The van der Waals surface area contributed by atoms with Gasteiger partial charge < -0.3 is 0 Å². The minimum atomic E-state index is -4.31. The monoisotopic (exact) mass is 466 g/mol. The van der Waals surface area contributed by atoms with Crippen molar-refractivity contribution in [3.05, 3.63) is 102 Å². The Morgan fingerprint density at radius 3 is 2.33 bits per heavy atom. The highest BCUT2D eigenvalue weighted by Gasteiger charge is 2.30. The van der Waals surface area contributed by atoms with Crippen LogP contribution in [0.4, 0.5) is 19.1 Å². The van der Waals surface area contributed by atoms with Gasteiger partial charge >= 0.3 is 6.18 Å².